The number of aldehydes is 1. The van der Waals surface area contributed by atoms with Crippen LogP contribution in [0.3, 0.4) is 0 Å². The summed E-state index contributed by atoms with van der Waals surface area (Å²) in [6.07, 6.45) is 11.1. The quantitative estimate of drug-likeness (QED) is 0.0433. The molecule has 5 heterocycles. The van der Waals surface area contributed by atoms with Crippen LogP contribution in [0.15, 0.2) is 30.8 Å². The highest BCUT2D eigenvalue weighted by Crippen LogP contribution is 2.46. The van der Waals surface area contributed by atoms with Crippen molar-refractivity contribution < 1.29 is 28.5 Å². The minimum Gasteiger partial charge on any atom is -0.501 e. The molecule has 1 amide bonds. The summed E-state index contributed by atoms with van der Waals surface area (Å²) in [7, 11) is -2.67. The van der Waals surface area contributed by atoms with Gasteiger partial charge in [-0.1, -0.05) is 45.3 Å². The van der Waals surface area contributed by atoms with Gasteiger partial charge in [-0.2, -0.15) is 9.61 Å². The zero-order valence-corrected chi connectivity index (χ0v) is 36.2. The molecule has 2 saturated heterocycles. The van der Waals surface area contributed by atoms with Crippen molar-refractivity contribution in [3.63, 3.8) is 0 Å². The molecule has 0 aliphatic carbocycles. The lowest BCUT2D eigenvalue weighted by atomic mass is 9.86. The highest BCUT2D eigenvalue weighted by molar-refractivity contribution is 6.76. The average Bonchev–Trinajstić information content (AvgIpc) is 3.63. The summed E-state index contributed by atoms with van der Waals surface area (Å²) in [5, 5.41) is 4.95. The predicted octanol–water partition coefficient (Wildman–Crippen LogP) is 8.69. The Labute approximate surface area is 323 Å². The summed E-state index contributed by atoms with van der Waals surface area (Å²) in [4.78, 5) is 38.8. The van der Waals surface area contributed by atoms with Gasteiger partial charge in [0, 0.05) is 70.3 Å². The van der Waals surface area contributed by atoms with Gasteiger partial charge in [-0.05, 0) is 77.6 Å². The van der Waals surface area contributed by atoms with E-state index < -0.39 is 21.7 Å². The van der Waals surface area contributed by atoms with Crippen LogP contribution >= 0.6 is 0 Å². The molecule has 0 radical (unpaired) electrons. The van der Waals surface area contributed by atoms with Gasteiger partial charge < -0.3 is 28.7 Å². The van der Waals surface area contributed by atoms with Crippen molar-refractivity contribution in [2.75, 3.05) is 38.2 Å². The SMILES string of the molecule is CCOC=Cc1c(C2CC3CCC(C2)N3C(=O)OC(C)(C)C)nc2c(-c3ccc(C=O)nc3)cnn2c1N(COCC[Si](C)(C)C)COCC[Si](C)(C)C. The van der Waals surface area contributed by atoms with Gasteiger partial charge in [-0.3, -0.25) is 9.78 Å². The van der Waals surface area contributed by atoms with E-state index in [0.29, 0.717) is 44.6 Å². The molecule has 3 aromatic rings. The second kappa shape index (κ2) is 17.5. The topological polar surface area (TPSA) is 121 Å². The van der Waals surface area contributed by atoms with Crippen molar-refractivity contribution in [2.45, 2.75) is 128 Å². The molecule has 3 aromatic heterocycles. The highest BCUT2D eigenvalue weighted by Gasteiger charge is 2.46. The number of pyridine rings is 1. The number of hydrogen-bond donors (Lipinski definition) is 0. The molecule has 0 saturated carbocycles. The Morgan fingerprint density at radius 3 is 2.11 bits per heavy atom. The van der Waals surface area contributed by atoms with Crippen LogP contribution in [0.1, 0.15) is 81.0 Å². The van der Waals surface area contributed by atoms with Gasteiger partial charge in [0.25, 0.3) is 0 Å². The monoisotopic (exact) mass is 778 g/mol. The van der Waals surface area contributed by atoms with Crippen molar-refractivity contribution in [3.05, 3.63) is 47.7 Å². The Bertz CT molecular complexity index is 1730. The molecular weight excluding hydrogens is 717 g/mol. The first-order valence-corrected chi connectivity index (χ1v) is 26.9. The van der Waals surface area contributed by atoms with E-state index in [1.165, 1.54) is 0 Å². The Hall–Kier alpha value is -3.60. The second-order valence-corrected chi connectivity index (χ2v) is 29.3. The van der Waals surface area contributed by atoms with E-state index in [1.807, 2.05) is 55.4 Å². The number of hydrogen-bond acceptors (Lipinski definition) is 10. The van der Waals surface area contributed by atoms with Crippen molar-refractivity contribution in [1.29, 1.82) is 0 Å². The fourth-order valence-electron chi connectivity index (χ4n) is 7.11. The highest BCUT2D eigenvalue weighted by atomic mass is 28.3. The lowest BCUT2D eigenvalue weighted by Gasteiger charge is -2.40. The van der Waals surface area contributed by atoms with E-state index >= 15 is 0 Å². The summed E-state index contributed by atoms with van der Waals surface area (Å²) in [6, 6.07) is 5.77. The molecule has 14 heteroatoms. The predicted molar refractivity (Wildman–Crippen MR) is 220 cm³/mol. The largest absolute Gasteiger partial charge is 0.501 e. The van der Waals surface area contributed by atoms with Gasteiger partial charge >= 0.3 is 6.09 Å². The number of rotatable bonds is 17. The van der Waals surface area contributed by atoms with Crippen molar-refractivity contribution >= 4 is 46.1 Å². The molecule has 2 fully saturated rings. The van der Waals surface area contributed by atoms with Crippen molar-refractivity contribution in [2.24, 2.45) is 0 Å². The molecule has 296 valence electrons. The van der Waals surface area contributed by atoms with Gasteiger partial charge in [0.05, 0.1) is 24.8 Å². The van der Waals surface area contributed by atoms with Gasteiger partial charge in [0.1, 0.15) is 30.6 Å². The van der Waals surface area contributed by atoms with E-state index in [9.17, 15) is 9.59 Å². The molecule has 2 unspecified atom stereocenters. The number of ether oxygens (including phenoxy) is 4. The zero-order valence-electron chi connectivity index (χ0n) is 34.2. The fourth-order valence-corrected chi connectivity index (χ4v) is 8.63. The number of aromatic nitrogens is 4. The van der Waals surface area contributed by atoms with Crippen LogP contribution in [-0.4, -0.2) is 104 Å². The first kappa shape index (κ1) is 41.6. The van der Waals surface area contributed by atoms with E-state index in [-0.39, 0.29) is 24.1 Å². The standard InChI is InChI=1S/C40H62N6O6Si2/c1-11-49-17-16-34-36(30-22-32-14-15-33(23-30)45(32)39(48)52-40(2,3)4)43-37-35(29-12-13-31(26-47)41-24-29)25-42-46(37)38(34)44(27-50-18-20-53(5,6)7)28-51-19-21-54(8,9)10/h12-13,16-17,24-26,30,32-33H,11,14-15,18-23,27-28H2,1-10H3. The van der Waals surface area contributed by atoms with Crippen LogP contribution < -0.4 is 4.90 Å². The van der Waals surface area contributed by atoms with Crippen LogP contribution in [0.4, 0.5) is 10.6 Å². The summed E-state index contributed by atoms with van der Waals surface area (Å²) in [5.74, 6) is 0.851. The number of nitrogens with zero attached hydrogens (tertiary/aromatic N) is 6. The third-order valence-electron chi connectivity index (χ3n) is 9.91. The Morgan fingerprint density at radius 1 is 0.963 bits per heavy atom. The molecule has 12 nitrogen and oxygen atoms in total. The Morgan fingerprint density at radius 2 is 1.59 bits per heavy atom. The van der Waals surface area contributed by atoms with Crippen LogP contribution in [-0.2, 0) is 18.9 Å². The van der Waals surface area contributed by atoms with Crippen molar-refractivity contribution in [1.82, 2.24) is 24.5 Å². The number of carbonyl (C=O) groups excluding carboxylic acids is 2. The van der Waals surface area contributed by atoms with Gasteiger partial charge in [-0.25, -0.2) is 9.78 Å². The maximum atomic E-state index is 13.5. The lowest BCUT2D eigenvalue weighted by Crippen LogP contribution is -2.48. The molecule has 2 bridgehead atoms. The number of carbonyl (C=O) groups is 2. The molecule has 54 heavy (non-hydrogen) atoms. The minimum absolute atomic E-state index is 0.0455. The van der Waals surface area contributed by atoms with Crippen LogP contribution in [0, 0.1) is 0 Å². The third-order valence-corrected chi connectivity index (χ3v) is 13.3. The molecule has 2 aliphatic rings. The summed E-state index contributed by atoms with van der Waals surface area (Å²) < 4.78 is 26.5. The van der Waals surface area contributed by atoms with E-state index in [0.717, 1.165) is 72.3 Å². The van der Waals surface area contributed by atoms with Crippen LogP contribution in [0.25, 0.3) is 22.9 Å². The molecule has 2 atom stereocenters. The molecule has 2 aliphatic heterocycles. The Balaban J connectivity index is 1.65. The molecular formula is C40H62N6O6Si2. The minimum atomic E-state index is -1.33. The maximum Gasteiger partial charge on any atom is 0.410 e. The number of fused-ring (bicyclic) bond motifs is 3. The van der Waals surface area contributed by atoms with Gasteiger partial charge in [0.15, 0.2) is 11.9 Å². The number of piperidine rings is 1. The number of amides is 1. The molecule has 0 N–H and O–H groups in total. The van der Waals surface area contributed by atoms with E-state index in [4.69, 9.17) is 29.0 Å². The van der Waals surface area contributed by atoms with Crippen LogP contribution in [0.5, 0.6) is 0 Å². The van der Waals surface area contributed by atoms with Gasteiger partial charge in [-0.15, -0.1) is 0 Å². The van der Waals surface area contributed by atoms with E-state index in [2.05, 4.69) is 49.2 Å². The second-order valence-electron chi connectivity index (χ2n) is 18.1. The summed E-state index contributed by atoms with van der Waals surface area (Å²) in [5.41, 5.74) is 3.88. The first-order valence-electron chi connectivity index (χ1n) is 19.5. The lowest BCUT2D eigenvalue weighted by molar-refractivity contribution is 0.00567. The molecule has 5 rings (SSSR count). The normalized spacial score (nSPS) is 19.1. The molecule has 0 spiro atoms. The maximum absolute atomic E-state index is 13.5. The first-order chi connectivity index (χ1) is 25.5. The number of anilines is 1. The smallest absolute Gasteiger partial charge is 0.410 e. The third kappa shape index (κ3) is 10.8. The fraction of sp³-hybridized carbons (Fsp3) is 0.625. The van der Waals surface area contributed by atoms with Gasteiger partial charge in [0.2, 0.25) is 0 Å². The van der Waals surface area contributed by atoms with E-state index in [1.54, 1.807) is 18.5 Å². The summed E-state index contributed by atoms with van der Waals surface area (Å²) >= 11 is 0. The Kier molecular flexibility index (Phi) is 13.4. The van der Waals surface area contributed by atoms with Crippen molar-refractivity contribution in [3.8, 4) is 11.1 Å². The zero-order chi connectivity index (χ0) is 39.3. The van der Waals surface area contributed by atoms with Crippen LogP contribution in [0.2, 0.25) is 51.4 Å². The molecule has 0 aromatic carbocycles. The average molecular weight is 779 g/mol. The summed E-state index contributed by atoms with van der Waals surface area (Å²) in [6.45, 7) is 24.3.